The summed E-state index contributed by atoms with van der Waals surface area (Å²) in [5, 5.41) is 17.1. The van der Waals surface area contributed by atoms with Crippen LogP contribution in [-0.4, -0.2) is 26.5 Å². The number of benzene rings is 1. The third kappa shape index (κ3) is 3.11. The van der Waals surface area contributed by atoms with E-state index in [4.69, 9.17) is 0 Å². The molecule has 1 heterocycles. The van der Waals surface area contributed by atoms with E-state index in [-0.39, 0.29) is 11.8 Å². The Labute approximate surface area is 135 Å². The van der Waals surface area contributed by atoms with Crippen molar-refractivity contribution in [3.8, 4) is 11.4 Å². The lowest BCUT2D eigenvalue weighted by atomic mass is 9.79. The molecular formula is C17H21N5O. The number of hydrogen-bond acceptors (Lipinski definition) is 4. The van der Waals surface area contributed by atoms with E-state index in [1.54, 1.807) is 0 Å². The Morgan fingerprint density at radius 1 is 1.04 bits per heavy atom. The van der Waals surface area contributed by atoms with E-state index in [2.05, 4.69) is 25.9 Å². The van der Waals surface area contributed by atoms with Crippen molar-refractivity contribution in [1.29, 1.82) is 0 Å². The normalized spacial score (nSPS) is 24.3. The van der Waals surface area contributed by atoms with Gasteiger partial charge in [-0.1, -0.05) is 12.1 Å². The quantitative estimate of drug-likeness (QED) is 0.909. The monoisotopic (exact) mass is 311 g/mol. The van der Waals surface area contributed by atoms with Gasteiger partial charge >= 0.3 is 0 Å². The highest BCUT2D eigenvalue weighted by molar-refractivity contribution is 5.96. The van der Waals surface area contributed by atoms with Gasteiger partial charge in [0.05, 0.1) is 5.69 Å². The van der Waals surface area contributed by atoms with Crippen LogP contribution < -0.4 is 5.32 Å². The average molecular weight is 311 g/mol. The Hall–Kier alpha value is -2.24. The number of carbonyl (C=O) groups excluding carboxylic acids is 1. The summed E-state index contributed by atoms with van der Waals surface area (Å²) < 4.78 is 0. The second-order valence-corrected chi connectivity index (χ2v) is 6.72. The lowest BCUT2D eigenvalue weighted by Gasteiger charge is -2.27. The first-order valence-electron chi connectivity index (χ1n) is 8.45. The molecule has 0 atom stereocenters. The summed E-state index contributed by atoms with van der Waals surface area (Å²) in [7, 11) is 0. The number of nitrogens with one attached hydrogen (secondary N) is 2. The Morgan fingerprint density at radius 3 is 2.39 bits per heavy atom. The van der Waals surface area contributed by atoms with Crippen LogP contribution in [0.3, 0.4) is 0 Å². The molecular weight excluding hydrogens is 290 g/mol. The molecule has 2 saturated carbocycles. The lowest BCUT2D eigenvalue weighted by Crippen LogP contribution is -2.27. The van der Waals surface area contributed by atoms with Crippen LogP contribution in [0.1, 0.15) is 38.5 Å². The van der Waals surface area contributed by atoms with E-state index >= 15 is 0 Å². The van der Waals surface area contributed by atoms with Crippen molar-refractivity contribution < 1.29 is 4.79 Å². The predicted molar refractivity (Wildman–Crippen MR) is 86.4 cm³/mol. The number of aromatic nitrogens is 4. The maximum Gasteiger partial charge on any atom is 0.227 e. The van der Waals surface area contributed by atoms with E-state index in [1.165, 1.54) is 25.7 Å². The maximum absolute atomic E-state index is 12.6. The number of amides is 1. The smallest absolute Gasteiger partial charge is 0.227 e. The molecule has 0 aliphatic heterocycles. The van der Waals surface area contributed by atoms with Gasteiger partial charge in [0.25, 0.3) is 0 Å². The molecule has 0 radical (unpaired) electrons. The van der Waals surface area contributed by atoms with Crippen LogP contribution in [-0.2, 0) is 4.79 Å². The standard InChI is InChI=1S/C17H21N5O/c23-17(13-9-7-12(8-10-13)11-5-6-11)18-15-4-2-1-3-14(15)16-19-21-22-20-16/h1-4,11-13H,5-10H2,(H,18,23)(H,19,20,21,22). The number of rotatable bonds is 4. The highest BCUT2D eigenvalue weighted by atomic mass is 16.1. The van der Waals surface area contributed by atoms with Gasteiger partial charge in [0.1, 0.15) is 0 Å². The number of carbonyl (C=O) groups is 1. The first-order chi connectivity index (χ1) is 11.3. The summed E-state index contributed by atoms with van der Waals surface area (Å²) in [6, 6.07) is 7.59. The van der Waals surface area contributed by atoms with Crippen molar-refractivity contribution in [1.82, 2.24) is 20.6 Å². The second-order valence-electron chi connectivity index (χ2n) is 6.72. The van der Waals surface area contributed by atoms with Crippen LogP contribution in [0.5, 0.6) is 0 Å². The summed E-state index contributed by atoms with van der Waals surface area (Å²) in [5.74, 6) is 2.57. The minimum absolute atomic E-state index is 0.121. The molecule has 1 amide bonds. The van der Waals surface area contributed by atoms with Gasteiger partial charge < -0.3 is 5.32 Å². The van der Waals surface area contributed by atoms with Gasteiger partial charge in [0.2, 0.25) is 11.7 Å². The van der Waals surface area contributed by atoms with Gasteiger partial charge in [-0.05, 0) is 67.7 Å². The minimum Gasteiger partial charge on any atom is -0.325 e. The van der Waals surface area contributed by atoms with Crippen molar-refractivity contribution >= 4 is 11.6 Å². The molecule has 1 aromatic heterocycles. The molecule has 1 aromatic carbocycles. The number of hydrogen-bond donors (Lipinski definition) is 2. The fourth-order valence-corrected chi connectivity index (χ4v) is 3.72. The summed E-state index contributed by atoms with van der Waals surface area (Å²) >= 11 is 0. The maximum atomic E-state index is 12.6. The minimum atomic E-state index is 0.121. The van der Waals surface area contributed by atoms with Crippen LogP contribution >= 0.6 is 0 Å². The van der Waals surface area contributed by atoms with E-state index in [1.807, 2.05) is 24.3 Å². The fraction of sp³-hybridized carbons (Fsp3) is 0.529. The van der Waals surface area contributed by atoms with E-state index in [0.717, 1.165) is 35.9 Å². The highest BCUT2D eigenvalue weighted by Crippen LogP contribution is 2.45. The summed E-state index contributed by atoms with van der Waals surface area (Å²) in [6.45, 7) is 0. The predicted octanol–water partition coefficient (Wildman–Crippen LogP) is 3.02. The molecule has 0 spiro atoms. The number of aromatic amines is 1. The lowest BCUT2D eigenvalue weighted by molar-refractivity contribution is -0.121. The molecule has 2 aromatic rings. The largest absolute Gasteiger partial charge is 0.325 e. The summed E-state index contributed by atoms with van der Waals surface area (Å²) in [6.07, 6.45) is 7.23. The van der Waals surface area contributed by atoms with Gasteiger partial charge in [-0.15, -0.1) is 10.2 Å². The first kappa shape index (κ1) is 14.4. The molecule has 2 aliphatic carbocycles. The SMILES string of the molecule is O=C(Nc1ccccc1-c1nn[nH]n1)C1CCC(C2CC2)CC1. The van der Waals surface area contributed by atoms with Crippen molar-refractivity contribution in [2.45, 2.75) is 38.5 Å². The summed E-state index contributed by atoms with van der Waals surface area (Å²) in [5.41, 5.74) is 1.55. The van der Waals surface area contributed by atoms with E-state index in [9.17, 15) is 4.79 Å². The third-order valence-corrected chi connectivity index (χ3v) is 5.20. The number of H-pyrrole nitrogens is 1. The third-order valence-electron chi connectivity index (χ3n) is 5.20. The van der Waals surface area contributed by atoms with Crippen LogP contribution in [0, 0.1) is 17.8 Å². The van der Waals surface area contributed by atoms with Crippen LogP contribution in [0.15, 0.2) is 24.3 Å². The molecule has 2 fully saturated rings. The van der Waals surface area contributed by atoms with Gasteiger partial charge in [-0.3, -0.25) is 4.79 Å². The molecule has 0 unspecified atom stereocenters. The Kier molecular flexibility index (Phi) is 3.81. The second kappa shape index (κ2) is 6.10. The number of nitrogens with zero attached hydrogens (tertiary/aromatic N) is 3. The zero-order valence-corrected chi connectivity index (χ0v) is 13.0. The van der Waals surface area contributed by atoms with Crippen molar-refractivity contribution in [3.05, 3.63) is 24.3 Å². The Balaban J connectivity index is 1.43. The fourth-order valence-electron chi connectivity index (χ4n) is 3.72. The zero-order valence-electron chi connectivity index (χ0n) is 13.0. The average Bonchev–Trinajstić information content (AvgIpc) is 3.30. The number of para-hydroxylation sites is 1. The van der Waals surface area contributed by atoms with Gasteiger partial charge in [0, 0.05) is 11.5 Å². The van der Waals surface area contributed by atoms with Crippen LogP contribution in [0.4, 0.5) is 5.69 Å². The summed E-state index contributed by atoms with van der Waals surface area (Å²) in [4.78, 5) is 12.6. The molecule has 6 heteroatoms. The molecule has 0 saturated heterocycles. The van der Waals surface area contributed by atoms with Gasteiger partial charge in [-0.25, -0.2) is 0 Å². The highest BCUT2D eigenvalue weighted by Gasteiger charge is 2.35. The molecule has 120 valence electrons. The molecule has 23 heavy (non-hydrogen) atoms. The van der Waals surface area contributed by atoms with Crippen LogP contribution in [0.25, 0.3) is 11.4 Å². The van der Waals surface area contributed by atoms with Gasteiger partial charge in [-0.2, -0.15) is 5.21 Å². The van der Waals surface area contributed by atoms with E-state index in [0.29, 0.717) is 5.82 Å². The van der Waals surface area contributed by atoms with Crippen molar-refractivity contribution in [2.24, 2.45) is 17.8 Å². The number of tetrazole rings is 1. The Morgan fingerprint density at radius 2 is 1.74 bits per heavy atom. The molecule has 0 bridgehead atoms. The molecule has 6 nitrogen and oxygen atoms in total. The zero-order chi connectivity index (χ0) is 15.6. The Bertz CT molecular complexity index is 672. The molecule has 2 N–H and O–H groups in total. The van der Waals surface area contributed by atoms with Gasteiger partial charge in [0.15, 0.2) is 0 Å². The van der Waals surface area contributed by atoms with Crippen LogP contribution in [0.2, 0.25) is 0 Å². The van der Waals surface area contributed by atoms with Crippen molar-refractivity contribution in [2.75, 3.05) is 5.32 Å². The molecule has 4 rings (SSSR count). The molecule has 2 aliphatic rings. The first-order valence-corrected chi connectivity index (χ1v) is 8.45. The number of anilines is 1. The topological polar surface area (TPSA) is 83.6 Å². The van der Waals surface area contributed by atoms with E-state index < -0.39 is 0 Å². The van der Waals surface area contributed by atoms with Crippen molar-refractivity contribution in [3.63, 3.8) is 0 Å².